The molecule has 0 aromatic heterocycles. The van der Waals surface area contributed by atoms with Crippen molar-refractivity contribution in [2.75, 3.05) is 4.90 Å². The van der Waals surface area contributed by atoms with E-state index in [2.05, 4.69) is 0 Å². The van der Waals surface area contributed by atoms with Crippen molar-refractivity contribution in [1.82, 2.24) is 0 Å². The van der Waals surface area contributed by atoms with E-state index >= 15 is 0 Å². The highest BCUT2D eigenvalue weighted by Crippen LogP contribution is 2.34. The van der Waals surface area contributed by atoms with Gasteiger partial charge < -0.3 is 4.74 Å². The number of rotatable bonds is 1. The van der Waals surface area contributed by atoms with Crippen LogP contribution in [0.1, 0.15) is 33.3 Å². The quantitative estimate of drug-likeness (QED) is 0.859. The zero-order valence-corrected chi connectivity index (χ0v) is 13.4. The smallest absolute Gasteiger partial charge is 0.415 e. The number of nitrogens with zero attached hydrogens (tertiary/aromatic N) is 1. The maximum atomic E-state index is 12.3. The van der Waals surface area contributed by atoms with E-state index in [0.29, 0.717) is 12.1 Å². The Balaban J connectivity index is 2.36. The van der Waals surface area contributed by atoms with Crippen molar-refractivity contribution in [3.63, 3.8) is 0 Å². The first-order valence-corrected chi connectivity index (χ1v) is 8.21. The molecule has 1 amide bonds. The Kier molecular flexibility index (Phi) is 3.75. The molecule has 2 N–H and O–H groups in total. The average Bonchev–Trinajstić information content (AvgIpc) is 2.59. The third kappa shape index (κ3) is 3.36. The van der Waals surface area contributed by atoms with Gasteiger partial charge in [-0.2, -0.15) is 0 Å². The SMILES string of the molecule is CC1Cc2cc(S(N)(=O)=O)ccc2N1C(=O)OC(C)(C)C. The van der Waals surface area contributed by atoms with Gasteiger partial charge in [-0.1, -0.05) is 0 Å². The number of sulfonamides is 1. The molecule has 0 fully saturated rings. The summed E-state index contributed by atoms with van der Waals surface area (Å²) >= 11 is 0. The highest BCUT2D eigenvalue weighted by molar-refractivity contribution is 7.89. The lowest BCUT2D eigenvalue weighted by atomic mass is 10.1. The number of nitrogens with two attached hydrogens (primary N) is 1. The number of primary sulfonamides is 1. The van der Waals surface area contributed by atoms with Gasteiger partial charge in [0.15, 0.2) is 0 Å². The van der Waals surface area contributed by atoms with E-state index < -0.39 is 21.7 Å². The van der Waals surface area contributed by atoms with Crippen LogP contribution in [0.4, 0.5) is 10.5 Å². The zero-order valence-electron chi connectivity index (χ0n) is 12.6. The highest BCUT2D eigenvalue weighted by Gasteiger charge is 2.34. The fraction of sp³-hybridized carbons (Fsp3) is 0.500. The first kappa shape index (κ1) is 15.8. The molecule has 0 radical (unpaired) electrons. The van der Waals surface area contributed by atoms with Gasteiger partial charge in [-0.15, -0.1) is 0 Å². The zero-order chi connectivity index (χ0) is 16.0. The van der Waals surface area contributed by atoms with Crippen LogP contribution in [0.25, 0.3) is 0 Å². The Bertz CT molecular complexity index is 677. The van der Waals surface area contributed by atoms with E-state index in [-0.39, 0.29) is 10.9 Å². The van der Waals surface area contributed by atoms with Crippen LogP contribution in [0.15, 0.2) is 23.1 Å². The summed E-state index contributed by atoms with van der Waals surface area (Å²) in [5.41, 5.74) is 0.865. The summed E-state index contributed by atoms with van der Waals surface area (Å²) in [6.45, 7) is 7.30. The van der Waals surface area contributed by atoms with Crippen molar-refractivity contribution >= 4 is 21.8 Å². The molecule has 116 valence electrons. The summed E-state index contributed by atoms with van der Waals surface area (Å²) in [4.78, 5) is 13.9. The van der Waals surface area contributed by atoms with E-state index in [1.807, 2.05) is 6.92 Å². The van der Waals surface area contributed by atoms with Gasteiger partial charge in [0, 0.05) is 6.04 Å². The number of benzene rings is 1. The molecule has 1 aliphatic heterocycles. The number of amides is 1. The molecule has 1 aliphatic rings. The predicted octanol–water partition coefficient (Wildman–Crippen LogP) is 2.02. The summed E-state index contributed by atoms with van der Waals surface area (Å²) in [6, 6.07) is 4.43. The summed E-state index contributed by atoms with van der Waals surface area (Å²) in [5.74, 6) is 0. The number of ether oxygens (including phenoxy) is 1. The summed E-state index contributed by atoms with van der Waals surface area (Å²) in [7, 11) is -3.74. The molecule has 0 saturated carbocycles. The van der Waals surface area contributed by atoms with Crippen molar-refractivity contribution < 1.29 is 17.9 Å². The molecular formula is C14H20N2O4S. The van der Waals surface area contributed by atoms with Crippen molar-refractivity contribution in [3.8, 4) is 0 Å². The molecule has 0 bridgehead atoms. The first-order chi connectivity index (χ1) is 9.49. The van der Waals surface area contributed by atoms with Gasteiger partial charge in [0.25, 0.3) is 0 Å². The van der Waals surface area contributed by atoms with Crippen molar-refractivity contribution in [2.24, 2.45) is 5.14 Å². The molecule has 0 saturated heterocycles. The van der Waals surface area contributed by atoms with Gasteiger partial charge >= 0.3 is 6.09 Å². The largest absolute Gasteiger partial charge is 0.443 e. The van der Waals surface area contributed by atoms with Gasteiger partial charge in [-0.3, -0.25) is 4.90 Å². The van der Waals surface area contributed by atoms with Crippen molar-refractivity contribution in [1.29, 1.82) is 0 Å². The first-order valence-electron chi connectivity index (χ1n) is 6.67. The van der Waals surface area contributed by atoms with Crippen LogP contribution in [0, 0.1) is 0 Å². The number of carbonyl (C=O) groups excluding carboxylic acids is 1. The fourth-order valence-electron chi connectivity index (χ4n) is 2.37. The van der Waals surface area contributed by atoms with Crippen LogP contribution in [-0.2, 0) is 21.2 Å². The van der Waals surface area contributed by atoms with Crippen LogP contribution in [-0.4, -0.2) is 26.2 Å². The minimum atomic E-state index is -3.74. The maximum Gasteiger partial charge on any atom is 0.415 e. The molecule has 1 aromatic carbocycles. The van der Waals surface area contributed by atoms with E-state index in [9.17, 15) is 13.2 Å². The normalized spacial score (nSPS) is 18.5. The van der Waals surface area contributed by atoms with E-state index in [1.165, 1.54) is 12.1 Å². The Morgan fingerprint density at radius 2 is 2.00 bits per heavy atom. The molecule has 0 spiro atoms. The number of anilines is 1. The average molecular weight is 312 g/mol. The molecule has 1 atom stereocenters. The third-order valence-electron chi connectivity index (χ3n) is 3.19. The van der Waals surface area contributed by atoms with Crippen LogP contribution >= 0.6 is 0 Å². The summed E-state index contributed by atoms with van der Waals surface area (Å²) in [6.07, 6.45) is 0.134. The second-order valence-corrected chi connectivity index (χ2v) is 7.80. The number of carbonyl (C=O) groups is 1. The van der Waals surface area contributed by atoms with Crippen LogP contribution in [0.2, 0.25) is 0 Å². The van der Waals surface area contributed by atoms with Crippen molar-refractivity contribution in [3.05, 3.63) is 23.8 Å². The molecule has 0 aliphatic carbocycles. The lowest BCUT2D eigenvalue weighted by molar-refractivity contribution is 0.0572. The van der Waals surface area contributed by atoms with Crippen LogP contribution < -0.4 is 10.0 Å². The number of hydrogen-bond acceptors (Lipinski definition) is 4. The molecule has 2 rings (SSSR count). The minimum absolute atomic E-state index is 0.0551. The standard InChI is InChI=1S/C14H20N2O4S/c1-9-7-10-8-11(21(15,18)19)5-6-12(10)16(9)13(17)20-14(2,3)4/h5-6,8-9H,7H2,1-4H3,(H2,15,18,19). The van der Waals surface area contributed by atoms with E-state index in [1.54, 1.807) is 31.7 Å². The Labute approximate surface area is 124 Å². The lowest BCUT2D eigenvalue weighted by Gasteiger charge is -2.27. The Morgan fingerprint density at radius 1 is 1.38 bits per heavy atom. The van der Waals surface area contributed by atoms with E-state index in [4.69, 9.17) is 9.88 Å². The summed E-state index contributed by atoms with van der Waals surface area (Å²) in [5, 5.41) is 5.13. The Hall–Kier alpha value is -1.60. The lowest BCUT2D eigenvalue weighted by Crippen LogP contribution is -2.40. The molecular weight excluding hydrogens is 292 g/mol. The summed E-state index contributed by atoms with van der Waals surface area (Å²) < 4.78 is 28.2. The molecule has 1 unspecified atom stereocenters. The van der Waals surface area contributed by atoms with Crippen LogP contribution in [0.3, 0.4) is 0 Å². The van der Waals surface area contributed by atoms with Gasteiger partial charge in [0.05, 0.1) is 10.6 Å². The third-order valence-corrected chi connectivity index (χ3v) is 4.10. The van der Waals surface area contributed by atoms with Gasteiger partial charge in [-0.05, 0) is 57.9 Å². The number of hydrogen-bond donors (Lipinski definition) is 1. The number of fused-ring (bicyclic) bond motifs is 1. The van der Waals surface area contributed by atoms with Crippen LogP contribution in [0.5, 0.6) is 0 Å². The Morgan fingerprint density at radius 3 is 2.52 bits per heavy atom. The topological polar surface area (TPSA) is 89.7 Å². The van der Waals surface area contributed by atoms with Gasteiger partial charge in [0.2, 0.25) is 10.0 Å². The van der Waals surface area contributed by atoms with Crippen molar-refractivity contribution in [2.45, 2.75) is 50.7 Å². The second kappa shape index (κ2) is 4.99. The molecule has 1 aromatic rings. The second-order valence-electron chi connectivity index (χ2n) is 6.24. The monoisotopic (exact) mass is 312 g/mol. The predicted molar refractivity (Wildman–Crippen MR) is 79.7 cm³/mol. The van der Waals surface area contributed by atoms with E-state index in [0.717, 1.165) is 5.56 Å². The fourth-order valence-corrected chi connectivity index (χ4v) is 2.94. The molecule has 1 heterocycles. The highest BCUT2D eigenvalue weighted by atomic mass is 32.2. The molecule has 21 heavy (non-hydrogen) atoms. The molecule has 6 nitrogen and oxygen atoms in total. The van der Waals surface area contributed by atoms with Gasteiger partial charge in [0.1, 0.15) is 5.60 Å². The molecule has 7 heteroatoms. The minimum Gasteiger partial charge on any atom is -0.443 e. The van der Waals surface area contributed by atoms with Gasteiger partial charge in [-0.25, -0.2) is 18.4 Å². The maximum absolute atomic E-state index is 12.3.